The fourth-order valence-electron chi connectivity index (χ4n) is 2.03. The standard InChI is InChI=1S/C10H19N2O14P3S/c1-10(15,12-4-3-7(13)11-9(12)30)8(14)6(23-2)5-24-28(19,20)26-29(21,22)25-27(16,17)18/h3-4,6,8,14-15H,5H2,1-2H3,(H,19,20)(H,21,22)(H,11,13,30)(H2,16,17,18). The highest BCUT2D eigenvalue weighted by atomic mass is 32.1. The van der Waals surface area contributed by atoms with E-state index in [0.717, 1.165) is 30.9 Å². The lowest BCUT2D eigenvalue weighted by Gasteiger charge is -2.35. The number of aliphatic hydroxyl groups excluding tert-OH is 1. The second-order valence-electron chi connectivity index (χ2n) is 5.68. The number of hydrogen-bond donors (Lipinski definition) is 7. The molecule has 16 nitrogen and oxygen atoms in total. The van der Waals surface area contributed by atoms with Gasteiger partial charge in [0.15, 0.2) is 10.5 Å². The number of aromatic amines is 1. The number of hydrogen-bond acceptors (Lipinski definition) is 11. The van der Waals surface area contributed by atoms with Gasteiger partial charge < -0.3 is 34.5 Å². The van der Waals surface area contributed by atoms with Gasteiger partial charge in [-0.3, -0.25) is 18.9 Å². The molecule has 5 unspecified atom stereocenters. The largest absolute Gasteiger partial charge is 0.490 e. The zero-order valence-electron chi connectivity index (χ0n) is 15.2. The van der Waals surface area contributed by atoms with Gasteiger partial charge in [0.05, 0.1) is 6.61 Å². The van der Waals surface area contributed by atoms with Crippen LogP contribution in [0.5, 0.6) is 0 Å². The van der Waals surface area contributed by atoms with Crippen molar-refractivity contribution >= 4 is 35.7 Å². The van der Waals surface area contributed by atoms with E-state index in [4.69, 9.17) is 31.6 Å². The highest BCUT2D eigenvalue weighted by Gasteiger charge is 2.43. The fourth-order valence-corrected chi connectivity index (χ4v) is 5.40. The predicted octanol–water partition coefficient (Wildman–Crippen LogP) is -0.710. The molecule has 20 heteroatoms. The molecule has 1 aromatic rings. The topological polar surface area (TPSA) is 247 Å². The number of ether oxygens (including phenoxy) is 1. The van der Waals surface area contributed by atoms with Crippen LogP contribution in [0.3, 0.4) is 0 Å². The minimum atomic E-state index is -5.72. The fraction of sp³-hybridized carbons (Fsp3) is 0.600. The van der Waals surface area contributed by atoms with Crippen LogP contribution in [0.15, 0.2) is 17.1 Å². The van der Waals surface area contributed by atoms with Crippen LogP contribution in [0.1, 0.15) is 6.92 Å². The number of methoxy groups -OCH3 is 1. The van der Waals surface area contributed by atoms with Crippen LogP contribution < -0.4 is 5.56 Å². The summed E-state index contributed by atoms with van der Waals surface area (Å²) >= 11 is 4.88. The number of rotatable bonds is 11. The highest BCUT2D eigenvalue weighted by Crippen LogP contribution is 2.66. The molecule has 0 bridgehead atoms. The maximum atomic E-state index is 11.8. The van der Waals surface area contributed by atoms with Crippen molar-refractivity contribution in [3.05, 3.63) is 27.4 Å². The Bertz CT molecular complexity index is 1000. The molecule has 0 amide bonds. The molecule has 0 aliphatic carbocycles. The summed E-state index contributed by atoms with van der Waals surface area (Å²) in [6, 6.07) is 0.991. The summed E-state index contributed by atoms with van der Waals surface area (Å²) in [4.78, 5) is 48.9. The summed E-state index contributed by atoms with van der Waals surface area (Å²) < 4.78 is 50.5. The molecule has 1 aromatic heterocycles. The molecule has 0 radical (unpaired) electrons. The van der Waals surface area contributed by atoms with Crippen molar-refractivity contribution in [3.63, 3.8) is 0 Å². The zero-order valence-corrected chi connectivity index (χ0v) is 18.7. The van der Waals surface area contributed by atoms with Gasteiger partial charge in [-0.05, 0) is 19.1 Å². The molecule has 5 atom stereocenters. The average Bonchev–Trinajstić information content (AvgIpc) is 2.51. The van der Waals surface area contributed by atoms with E-state index in [1.165, 1.54) is 0 Å². The molecule has 0 aromatic carbocycles. The van der Waals surface area contributed by atoms with Crippen molar-refractivity contribution < 1.29 is 61.4 Å². The van der Waals surface area contributed by atoms with Crippen molar-refractivity contribution in [3.8, 4) is 0 Å². The summed E-state index contributed by atoms with van der Waals surface area (Å²) in [5.74, 6) is 0. The van der Waals surface area contributed by atoms with E-state index in [9.17, 15) is 33.6 Å². The van der Waals surface area contributed by atoms with Crippen molar-refractivity contribution in [2.75, 3.05) is 13.7 Å². The second-order valence-corrected chi connectivity index (χ2v) is 10.5. The van der Waals surface area contributed by atoms with Crippen molar-refractivity contribution in [2.45, 2.75) is 24.9 Å². The van der Waals surface area contributed by atoms with E-state index >= 15 is 0 Å². The Morgan fingerprint density at radius 3 is 2.23 bits per heavy atom. The van der Waals surface area contributed by atoms with Gasteiger partial charge in [0.2, 0.25) is 0 Å². The Hall–Kier alpha value is -0.610. The third-order valence-corrected chi connectivity index (χ3v) is 7.45. The Balaban J connectivity index is 2.96. The molecule has 1 heterocycles. The van der Waals surface area contributed by atoms with E-state index in [2.05, 4.69) is 18.1 Å². The van der Waals surface area contributed by atoms with E-state index in [0.29, 0.717) is 0 Å². The third kappa shape index (κ3) is 8.15. The van der Waals surface area contributed by atoms with Crippen molar-refractivity contribution in [1.29, 1.82) is 0 Å². The number of H-pyrrole nitrogens is 1. The average molecular weight is 516 g/mol. The predicted molar refractivity (Wildman–Crippen MR) is 98.4 cm³/mol. The lowest BCUT2D eigenvalue weighted by atomic mass is 10.0. The van der Waals surface area contributed by atoms with Crippen LogP contribution in [0, 0.1) is 4.77 Å². The van der Waals surface area contributed by atoms with Gasteiger partial charge in [0, 0.05) is 19.4 Å². The zero-order chi connectivity index (χ0) is 23.5. The van der Waals surface area contributed by atoms with E-state index in [1.807, 2.05) is 0 Å². The second kappa shape index (κ2) is 9.90. The minimum absolute atomic E-state index is 0.283. The molecule has 0 fully saturated rings. The van der Waals surface area contributed by atoms with Crippen LogP contribution in [-0.2, 0) is 37.3 Å². The van der Waals surface area contributed by atoms with Crippen LogP contribution in [-0.4, -0.2) is 65.3 Å². The number of nitrogens with one attached hydrogen (secondary N) is 1. The molecule has 174 valence electrons. The van der Waals surface area contributed by atoms with Crippen molar-refractivity contribution in [2.24, 2.45) is 0 Å². The van der Waals surface area contributed by atoms with Crippen molar-refractivity contribution in [1.82, 2.24) is 9.55 Å². The maximum Gasteiger partial charge on any atom is 0.490 e. The SMILES string of the molecule is COC(COP(=O)(O)OP(=O)(O)OP(=O)(O)O)C(O)C(C)(O)n1ccc(=O)[nH]c1=S. The first-order valence-corrected chi connectivity index (χ1v) is 12.4. The van der Waals surface area contributed by atoms with Crippen LogP contribution in [0.25, 0.3) is 0 Å². The lowest BCUT2D eigenvalue weighted by molar-refractivity contribution is -0.176. The van der Waals surface area contributed by atoms with Crippen LogP contribution in [0.4, 0.5) is 0 Å². The Morgan fingerprint density at radius 2 is 1.77 bits per heavy atom. The van der Waals surface area contributed by atoms with Gasteiger partial charge in [-0.15, -0.1) is 0 Å². The molecule has 7 N–H and O–H groups in total. The highest BCUT2D eigenvalue weighted by molar-refractivity contribution is 7.71. The molecule has 0 saturated heterocycles. The number of nitrogens with zero attached hydrogens (tertiary/aromatic N) is 1. The van der Waals surface area contributed by atoms with Gasteiger partial charge in [-0.2, -0.15) is 8.62 Å². The number of phosphoric acid groups is 3. The Labute approximate surface area is 173 Å². The summed E-state index contributed by atoms with van der Waals surface area (Å²) in [5.41, 5.74) is -2.83. The number of phosphoric ester groups is 1. The first-order valence-electron chi connectivity index (χ1n) is 7.44. The van der Waals surface area contributed by atoms with E-state index in [-0.39, 0.29) is 4.77 Å². The molecular weight excluding hydrogens is 497 g/mol. The Kier molecular flexibility index (Phi) is 9.05. The molecule has 0 aliphatic rings. The smallest absolute Gasteiger partial charge is 0.385 e. The molecule has 0 saturated carbocycles. The summed E-state index contributed by atoms with van der Waals surface area (Å²) in [7, 11) is -15.7. The molecule has 0 aliphatic heterocycles. The monoisotopic (exact) mass is 516 g/mol. The molecular formula is C10H19N2O14P3S. The van der Waals surface area contributed by atoms with Gasteiger partial charge >= 0.3 is 23.5 Å². The molecule has 1 rings (SSSR count). The molecule has 0 spiro atoms. The van der Waals surface area contributed by atoms with Crippen LogP contribution >= 0.6 is 35.7 Å². The Morgan fingerprint density at radius 1 is 1.20 bits per heavy atom. The van der Waals surface area contributed by atoms with Gasteiger partial charge in [0.1, 0.15) is 12.2 Å². The minimum Gasteiger partial charge on any atom is -0.385 e. The third-order valence-electron chi connectivity index (χ3n) is 3.34. The number of aromatic nitrogens is 2. The van der Waals surface area contributed by atoms with Gasteiger partial charge in [0.25, 0.3) is 5.56 Å². The number of aliphatic hydroxyl groups is 2. The van der Waals surface area contributed by atoms with E-state index in [1.54, 1.807) is 0 Å². The summed E-state index contributed by atoms with van der Waals surface area (Å²) in [6.07, 6.45) is -2.45. The maximum absolute atomic E-state index is 11.8. The summed E-state index contributed by atoms with van der Waals surface area (Å²) in [5, 5.41) is 21.0. The quantitative estimate of drug-likeness (QED) is 0.142. The van der Waals surface area contributed by atoms with Gasteiger partial charge in [-0.1, -0.05) is 0 Å². The first-order chi connectivity index (χ1) is 13.4. The summed E-state index contributed by atoms with van der Waals surface area (Å²) in [6.45, 7) is 0.0246. The first kappa shape index (κ1) is 27.4. The van der Waals surface area contributed by atoms with Gasteiger partial charge in [-0.25, -0.2) is 13.7 Å². The lowest BCUT2D eigenvalue weighted by Crippen LogP contribution is -2.51. The van der Waals surface area contributed by atoms with Crippen LogP contribution in [0.2, 0.25) is 0 Å². The normalized spacial score (nSPS) is 20.5. The molecule has 30 heavy (non-hydrogen) atoms. The van der Waals surface area contributed by atoms with E-state index < -0.39 is 53.6 Å².